The lowest BCUT2D eigenvalue weighted by Gasteiger charge is -2.12. The van der Waals surface area contributed by atoms with Gasteiger partial charge < -0.3 is 15.7 Å². The zero-order valence-electron chi connectivity index (χ0n) is 13.1. The molecule has 1 heterocycles. The van der Waals surface area contributed by atoms with Crippen molar-refractivity contribution in [1.29, 1.82) is 0 Å². The minimum atomic E-state index is -4.65. The highest BCUT2D eigenvalue weighted by atomic mass is 19.4. The summed E-state index contributed by atoms with van der Waals surface area (Å²) in [6.07, 6.45) is -3.71. The van der Waals surface area contributed by atoms with Gasteiger partial charge in [-0.25, -0.2) is 9.59 Å². The largest absolute Gasteiger partial charge is 0.478 e. The molecule has 10 heteroatoms. The van der Waals surface area contributed by atoms with E-state index in [0.29, 0.717) is 5.56 Å². The number of rotatable bonds is 5. The van der Waals surface area contributed by atoms with Crippen LogP contribution in [0.2, 0.25) is 0 Å². The number of hydrogen-bond acceptors (Lipinski definition) is 3. The number of nitrogens with zero attached hydrogens (tertiary/aromatic N) is 2. The summed E-state index contributed by atoms with van der Waals surface area (Å²) in [6.45, 7) is 1.54. The monoisotopic (exact) mass is 356 g/mol. The normalized spacial score (nSPS) is 11.2. The summed E-state index contributed by atoms with van der Waals surface area (Å²) in [5, 5.41) is 16.9. The smallest absolute Gasteiger partial charge is 0.435 e. The molecule has 2 aromatic rings. The number of alkyl halides is 3. The van der Waals surface area contributed by atoms with Crippen molar-refractivity contribution in [2.45, 2.75) is 26.2 Å². The molecule has 1 aromatic heterocycles. The highest BCUT2D eigenvalue weighted by Gasteiger charge is 2.38. The van der Waals surface area contributed by atoms with Gasteiger partial charge in [-0.3, -0.25) is 4.68 Å². The molecule has 0 unspecified atom stereocenters. The van der Waals surface area contributed by atoms with Crippen LogP contribution >= 0.6 is 0 Å². The van der Waals surface area contributed by atoms with Crippen LogP contribution in [-0.4, -0.2) is 26.9 Å². The molecule has 0 radical (unpaired) electrons. The highest BCUT2D eigenvalue weighted by molar-refractivity contribution is 5.90. The predicted molar refractivity (Wildman–Crippen MR) is 82.2 cm³/mol. The minimum Gasteiger partial charge on any atom is -0.478 e. The Morgan fingerprint density at radius 3 is 2.40 bits per heavy atom. The number of hydrogen-bond donors (Lipinski definition) is 3. The fourth-order valence-electron chi connectivity index (χ4n) is 2.13. The Morgan fingerprint density at radius 2 is 1.88 bits per heavy atom. The quantitative estimate of drug-likeness (QED) is 0.767. The Balaban J connectivity index is 2.01. The minimum absolute atomic E-state index is 0.00800. The molecule has 7 nitrogen and oxygen atoms in total. The number of aryl methyl sites for hydroxylation is 1. The van der Waals surface area contributed by atoms with E-state index in [1.807, 2.05) is 0 Å². The Labute approximate surface area is 140 Å². The van der Waals surface area contributed by atoms with Gasteiger partial charge >= 0.3 is 18.2 Å². The summed E-state index contributed by atoms with van der Waals surface area (Å²) in [5.41, 5.74) is -0.778. The van der Waals surface area contributed by atoms with Gasteiger partial charge in [-0.05, 0) is 24.6 Å². The van der Waals surface area contributed by atoms with E-state index in [9.17, 15) is 22.8 Å². The van der Waals surface area contributed by atoms with Crippen molar-refractivity contribution in [3.05, 3.63) is 47.3 Å². The predicted octanol–water partition coefficient (Wildman–Crippen LogP) is 2.94. The summed E-state index contributed by atoms with van der Waals surface area (Å²) in [4.78, 5) is 22.6. The third-order valence-corrected chi connectivity index (χ3v) is 3.31. The Hall–Kier alpha value is -3.04. The van der Waals surface area contributed by atoms with Gasteiger partial charge in [0.25, 0.3) is 0 Å². The van der Waals surface area contributed by atoms with Crippen LogP contribution in [0.5, 0.6) is 0 Å². The van der Waals surface area contributed by atoms with Crippen molar-refractivity contribution < 1.29 is 27.9 Å². The van der Waals surface area contributed by atoms with Crippen LogP contribution in [0.15, 0.2) is 30.5 Å². The highest BCUT2D eigenvalue weighted by Crippen LogP contribution is 2.34. The molecule has 0 aliphatic carbocycles. The van der Waals surface area contributed by atoms with Crippen LogP contribution in [0.25, 0.3) is 0 Å². The van der Waals surface area contributed by atoms with Crippen molar-refractivity contribution in [2.24, 2.45) is 0 Å². The molecule has 0 aliphatic rings. The van der Waals surface area contributed by atoms with Gasteiger partial charge in [0.15, 0.2) is 5.69 Å². The van der Waals surface area contributed by atoms with Crippen LogP contribution in [-0.2, 0) is 19.3 Å². The zero-order valence-corrected chi connectivity index (χ0v) is 13.1. The number of amides is 2. The van der Waals surface area contributed by atoms with Gasteiger partial charge in [0.1, 0.15) is 0 Å². The number of carbonyl (C=O) groups is 2. The summed E-state index contributed by atoms with van der Waals surface area (Å²) >= 11 is 0. The van der Waals surface area contributed by atoms with Crippen LogP contribution in [0, 0.1) is 0 Å². The molecule has 25 heavy (non-hydrogen) atoms. The van der Waals surface area contributed by atoms with E-state index in [-0.39, 0.29) is 18.7 Å². The number of urea groups is 1. The van der Waals surface area contributed by atoms with Crippen molar-refractivity contribution in [2.75, 3.05) is 5.32 Å². The Morgan fingerprint density at radius 1 is 1.24 bits per heavy atom. The van der Waals surface area contributed by atoms with Crippen LogP contribution in [0.4, 0.5) is 23.7 Å². The number of halogens is 3. The van der Waals surface area contributed by atoms with E-state index in [1.54, 1.807) is 0 Å². The first-order chi connectivity index (χ1) is 11.7. The summed E-state index contributed by atoms with van der Waals surface area (Å²) < 4.78 is 39.9. The number of carbonyl (C=O) groups excluding carboxylic acids is 1. The van der Waals surface area contributed by atoms with E-state index in [0.717, 1.165) is 10.9 Å². The zero-order chi connectivity index (χ0) is 18.6. The molecule has 0 atom stereocenters. The van der Waals surface area contributed by atoms with Gasteiger partial charge in [0, 0.05) is 13.1 Å². The standard InChI is InChI=1S/C15H15F3N4O3/c1-2-22-12(15(16,17)18)11(8-20-22)21-14(25)19-7-9-3-5-10(6-4-9)13(23)24/h3-6,8H,2,7H2,1H3,(H,23,24)(H2,19,21,25). The number of carboxylic acids is 1. The van der Waals surface area contributed by atoms with Gasteiger partial charge in [0.2, 0.25) is 0 Å². The molecule has 0 spiro atoms. The van der Waals surface area contributed by atoms with E-state index in [4.69, 9.17) is 5.11 Å². The van der Waals surface area contributed by atoms with Crippen LogP contribution < -0.4 is 10.6 Å². The molecule has 0 fully saturated rings. The molecule has 2 rings (SSSR count). The van der Waals surface area contributed by atoms with Gasteiger partial charge in [-0.1, -0.05) is 12.1 Å². The molecule has 3 N–H and O–H groups in total. The van der Waals surface area contributed by atoms with Crippen molar-refractivity contribution in [3.63, 3.8) is 0 Å². The maximum absolute atomic E-state index is 13.1. The van der Waals surface area contributed by atoms with E-state index >= 15 is 0 Å². The number of aromatic carboxylic acids is 1. The average molecular weight is 356 g/mol. The lowest BCUT2D eigenvalue weighted by molar-refractivity contribution is -0.143. The molecule has 0 bridgehead atoms. The molecular formula is C15H15F3N4O3. The Kier molecular flexibility index (Phi) is 5.30. The third-order valence-electron chi connectivity index (χ3n) is 3.31. The summed E-state index contributed by atoms with van der Waals surface area (Å²) in [5.74, 6) is -1.08. The first kappa shape index (κ1) is 18.3. The molecular weight excluding hydrogens is 341 g/mol. The van der Waals surface area contributed by atoms with E-state index in [1.165, 1.54) is 31.2 Å². The maximum Gasteiger partial charge on any atom is 0.435 e. The van der Waals surface area contributed by atoms with Crippen molar-refractivity contribution in [3.8, 4) is 0 Å². The number of anilines is 1. The molecule has 0 saturated heterocycles. The number of benzene rings is 1. The van der Waals surface area contributed by atoms with Gasteiger partial charge in [0.05, 0.1) is 17.4 Å². The van der Waals surface area contributed by atoms with Gasteiger partial charge in [-0.2, -0.15) is 18.3 Å². The Bertz CT molecular complexity index is 769. The second-order valence-electron chi connectivity index (χ2n) is 5.03. The SMILES string of the molecule is CCn1ncc(NC(=O)NCc2ccc(C(=O)O)cc2)c1C(F)(F)F. The molecule has 0 aliphatic heterocycles. The molecule has 1 aromatic carbocycles. The second-order valence-corrected chi connectivity index (χ2v) is 5.03. The molecule has 2 amide bonds. The topological polar surface area (TPSA) is 96.3 Å². The number of aromatic nitrogens is 2. The van der Waals surface area contributed by atoms with Crippen molar-refractivity contribution >= 4 is 17.7 Å². The summed E-state index contributed by atoms with van der Waals surface area (Å²) in [6, 6.07) is 4.90. The molecule has 0 saturated carbocycles. The fourth-order valence-corrected chi connectivity index (χ4v) is 2.13. The lowest BCUT2D eigenvalue weighted by atomic mass is 10.1. The van der Waals surface area contributed by atoms with Crippen molar-refractivity contribution in [1.82, 2.24) is 15.1 Å². The summed E-state index contributed by atoms with van der Waals surface area (Å²) in [7, 11) is 0. The number of carboxylic acid groups (broad SMARTS) is 1. The molecule has 134 valence electrons. The van der Waals surface area contributed by atoms with Crippen LogP contribution in [0.3, 0.4) is 0 Å². The maximum atomic E-state index is 13.1. The van der Waals surface area contributed by atoms with E-state index < -0.39 is 29.6 Å². The number of nitrogens with one attached hydrogen (secondary N) is 2. The second kappa shape index (κ2) is 7.24. The van der Waals surface area contributed by atoms with Crippen LogP contribution in [0.1, 0.15) is 28.5 Å². The third kappa shape index (κ3) is 4.49. The van der Waals surface area contributed by atoms with E-state index in [2.05, 4.69) is 15.7 Å². The lowest BCUT2D eigenvalue weighted by Crippen LogP contribution is -2.29. The van der Waals surface area contributed by atoms with Gasteiger partial charge in [-0.15, -0.1) is 0 Å². The first-order valence-corrected chi connectivity index (χ1v) is 7.22. The average Bonchev–Trinajstić information content (AvgIpc) is 2.96. The first-order valence-electron chi connectivity index (χ1n) is 7.22. The fraction of sp³-hybridized carbons (Fsp3) is 0.267.